The monoisotopic (exact) mass is 346 g/mol. The lowest BCUT2D eigenvalue weighted by molar-refractivity contribution is 0.410. The Morgan fingerprint density at radius 1 is 1.38 bits per heavy atom. The van der Waals surface area contributed by atoms with E-state index in [-0.39, 0.29) is 0 Å². The summed E-state index contributed by atoms with van der Waals surface area (Å²) < 4.78 is 7.36. The van der Waals surface area contributed by atoms with Crippen LogP contribution in [0.25, 0.3) is 0 Å². The zero-order valence-electron chi connectivity index (χ0n) is 9.13. The number of rotatable bonds is 2. The highest BCUT2D eigenvalue weighted by molar-refractivity contribution is 9.11. The van der Waals surface area contributed by atoms with Gasteiger partial charge in [0, 0.05) is 18.1 Å². The molecule has 1 aromatic rings. The van der Waals surface area contributed by atoms with E-state index in [1.165, 1.54) is 0 Å². The van der Waals surface area contributed by atoms with Crippen molar-refractivity contribution in [2.45, 2.75) is 0 Å². The summed E-state index contributed by atoms with van der Waals surface area (Å²) in [5, 5.41) is 0. The van der Waals surface area contributed by atoms with Gasteiger partial charge in [0.25, 0.3) is 0 Å². The number of aliphatic imine (C=N–C) groups is 1. The summed E-state index contributed by atoms with van der Waals surface area (Å²) in [6.45, 7) is 1.81. The third-order valence-corrected chi connectivity index (χ3v) is 3.56. The molecular weight excluding hydrogens is 336 g/mol. The Labute approximate surface area is 112 Å². The fourth-order valence-corrected chi connectivity index (χ4v) is 3.14. The Morgan fingerprint density at radius 3 is 2.69 bits per heavy atom. The van der Waals surface area contributed by atoms with E-state index in [2.05, 4.69) is 41.8 Å². The summed E-state index contributed by atoms with van der Waals surface area (Å²) in [6.07, 6.45) is 0. The molecule has 86 valence electrons. The quantitative estimate of drug-likeness (QED) is 0.821. The van der Waals surface area contributed by atoms with E-state index in [0.29, 0.717) is 0 Å². The van der Waals surface area contributed by atoms with Gasteiger partial charge >= 0.3 is 0 Å². The van der Waals surface area contributed by atoms with Crippen LogP contribution in [0, 0.1) is 0 Å². The molecule has 0 aliphatic carbocycles. The standard InChI is InChI=1S/C11H12Br2N2O/c1-15-4-3-14-11(15)8-5-7(12)6-9(13)10(8)16-2/h5-6H,3-4H2,1-2H3. The average Bonchev–Trinajstić information content (AvgIpc) is 2.63. The third kappa shape index (κ3) is 2.11. The van der Waals surface area contributed by atoms with Crippen LogP contribution in [0.5, 0.6) is 5.75 Å². The van der Waals surface area contributed by atoms with Crippen molar-refractivity contribution in [2.24, 2.45) is 4.99 Å². The van der Waals surface area contributed by atoms with Crippen molar-refractivity contribution >= 4 is 37.7 Å². The molecule has 1 aliphatic rings. The Kier molecular flexibility index (Phi) is 3.54. The molecule has 2 rings (SSSR count). The van der Waals surface area contributed by atoms with Crippen molar-refractivity contribution < 1.29 is 4.74 Å². The Balaban J connectivity index is 2.54. The lowest BCUT2D eigenvalue weighted by Gasteiger charge is -2.17. The molecule has 0 amide bonds. The predicted molar refractivity (Wildman–Crippen MR) is 72.4 cm³/mol. The normalized spacial score (nSPS) is 15.2. The number of methoxy groups -OCH3 is 1. The number of amidine groups is 1. The fraction of sp³-hybridized carbons (Fsp3) is 0.364. The highest BCUT2D eigenvalue weighted by Crippen LogP contribution is 2.34. The SMILES string of the molecule is COc1c(Br)cc(Br)cc1C1=NCCN1C. The van der Waals surface area contributed by atoms with Crippen LogP contribution in [-0.2, 0) is 0 Å². The summed E-state index contributed by atoms with van der Waals surface area (Å²) in [5.41, 5.74) is 1.02. The summed E-state index contributed by atoms with van der Waals surface area (Å²) in [5.74, 6) is 1.81. The van der Waals surface area contributed by atoms with Crippen molar-refractivity contribution in [1.29, 1.82) is 0 Å². The van der Waals surface area contributed by atoms with Gasteiger partial charge in [-0.1, -0.05) is 15.9 Å². The van der Waals surface area contributed by atoms with Crippen molar-refractivity contribution in [3.63, 3.8) is 0 Å². The zero-order valence-corrected chi connectivity index (χ0v) is 12.3. The van der Waals surface area contributed by atoms with Crippen molar-refractivity contribution in [2.75, 3.05) is 27.2 Å². The van der Waals surface area contributed by atoms with Crippen LogP contribution in [-0.4, -0.2) is 38.0 Å². The van der Waals surface area contributed by atoms with Gasteiger partial charge in [-0.15, -0.1) is 0 Å². The van der Waals surface area contributed by atoms with Crippen molar-refractivity contribution in [3.05, 3.63) is 26.6 Å². The molecule has 5 heteroatoms. The van der Waals surface area contributed by atoms with Gasteiger partial charge in [0.1, 0.15) is 11.6 Å². The van der Waals surface area contributed by atoms with Gasteiger partial charge in [-0.25, -0.2) is 0 Å². The van der Waals surface area contributed by atoms with Gasteiger partial charge in [0.05, 0.1) is 23.7 Å². The maximum atomic E-state index is 5.42. The molecule has 1 aromatic carbocycles. The maximum Gasteiger partial charge on any atom is 0.144 e. The molecule has 0 saturated heterocycles. The number of likely N-dealkylation sites (N-methyl/N-ethyl adjacent to an activating group) is 1. The lowest BCUT2D eigenvalue weighted by Crippen LogP contribution is -2.24. The Bertz CT molecular complexity index is 446. The van der Waals surface area contributed by atoms with E-state index >= 15 is 0 Å². The number of ether oxygens (including phenoxy) is 1. The van der Waals surface area contributed by atoms with Gasteiger partial charge in [-0.3, -0.25) is 4.99 Å². The molecule has 0 unspecified atom stereocenters. The number of nitrogens with zero attached hydrogens (tertiary/aromatic N) is 2. The Hall–Kier alpha value is -0.550. The summed E-state index contributed by atoms with van der Waals surface area (Å²) in [4.78, 5) is 6.63. The lowest BCUT2D eigenvalue weighted by atomic mass is 10.1. The predicted octanol–water partition coefficient (Wildman–Crippen LogP) is 2.91. The molecule has 0 N–H and O–H groups in total. The molecule has 16 heavy (non-hydrogen) atoms. The molecule has 1 heterocycles. The molecule has 0 atom stereocenters. The third-order valence-electron chi connectivity index (χ3n) is 2.51. The van der Waals surface area contributed by atoms with E-state index in [0.717, 1.165) is 39.2 Å². The fourth-order valence-electron chi connectivity index (χ4n) is 1.76. The van der Waals surface area contributed by atoms with Gasteiger partial charge in [-0.05, 0) is 28.1 Å². The molecule has 0 saturated carbocycles. The number of halogens is 2. The first-order valence-electron chi connectivity index (χ1n) is 4.92. The van der Waals surface area contributed by atoms with Crippen LogP contribution in [0.1, 0.15) is 5.56 Å². The van der Waals surface area contributed by atoms with E-state index in [1.807, 2.05) is 19.2 Å². The van der Waals surface area contributed by atoms with E-state index < -0.39 is 0 Å². The molecule has 0 bridgehead atoms. The topological polar surface area (TPSA) is 24.8 Å². The van der Waals surface area contributed by atoms with Crippen molar-refractivity contribution in [3.8, 4) is 5.75 Å². The minimum absolute atomic E-state index is 0.829. The molecule has 0 radical (unpaired) electrons. The first-order valence-corrected chi connectivity index (χ1v) is 6.51. The van der Waals surface area contributed by atoms with Gasteiger partial charge in [0.2, 0.25) is 0 Å². The van der Waals surface area contributed by atoms with Crippen molar-refractivity contribution in [1.82, 2.24) is 4.90 Å². The minimum atomic E-state index is 0.829. The average molecular weight is 348 g/mol. The first-order chi connectivity index (χ1) is 7.63. The molecular formula is C11H12Br2N2O. The zero-order chi connectivity index (χ0) is 11.7. The second-order valence-corrected chi connectivity index (χ2v) is 5.37. The number of benzene rings is 1. The van der Waals surface area contributed by atoms with E-state index in [9.17, 15) is 0 Å². The van der Waals surface area contributed by atoms with E-state index in [1.54, 1.807) is 7.11 Å². The first kappa shape index (κ1) is 11.9. The minimum Gasteiger partial charge on any atom is -0.495 e. The smallest absolute Gasteiger partial charge is 0.144 e. The highest BCUT2D eigenvalue weighted by Gasteiger charge is 2.20. The molecule has 0 aromatic heterocycles. The van der Waals surface area contributed by atoms with Crippen LogP contribution >= 0.6 is 31.9 Å². The Morgan fingerprint density at radius 2 is 2.12 bits per heavy atom. The summed E-state index contributed by atoms with van der Waals surface area (Å²) in [7, 11) is 3.72. The maximum absolute atomic E-state index is 5.42. The van der Waals surface area contributed by atoms with Crippen LogP contribution in [0.4, 0.5) is 0 Å². The number of hydrogen-bond donors (Lipinski definition) is 0. The van der Waals surface area contributed by atoms with Gasteiger partial charge in [0.15, 0.2) is 0 Å². The highest BCUT2D eigenvalue weighted by atomic mass is 79.9. The molecule has 0 fully saturated rings. The second-order valence-electron chi connectivity index (χ2n) is 3.60. The number of hydrogen-bond acceptors (Lipinski definition) is 3. The second kappa shape index (κ2) is 4.75. The molecule has 3 nitrogen and oxygen atoms in total. The van der Waals surface area contributed by atoms with Gasteiger partial charge < -0.3 is 9.64 Å². The molecule has 1 aliphatic heterocycles. The van der Waals surface area contributed by atoms with Gasteiger partial charge in [-0.2, -0.15) is 0 Å². The molecule has 0 spiro atoms. The van der Waals surface area contributed by atoms with E-state index in [4.69, 9.17) is 4.74 Å². The largest absolute Gasteiger partial charge is 0.495 e. The van der Waals surface area contributed by atoms with Crippen LogP contribution in [0.2, 0.25) is 0 Å². The summed E-state index contributed by atoms with van der Waals surface area (Å²) in [6, 6.07) is 4.00. The van der Waals surface area contributed by atoms with Crippen LogP contribution < -0.4 is 4.74 Å². The van der Waals surface area contributed by atoms with Crippen LogP contribution in [0.3, 0.4) is 0 Å². The van der Waals surface area contributed by atoms with Crippen LogP contribution in [0.15, 0.2) is 26.1 Å². The summed E-state index contributed by atoms with van der Waals surface area (Å²) >= 11 is 6.98.